The first kappa shape index (κ1) is 22.5. The molecule has 1 aromatic heterocycles. The van der Waals surface area contributed by atoms with E-state index in [0.717, 1.165) is 21.6 Å². The number of thiophene rings is 1. The Hall–Kier alpha value is -3.65. The summed E-state index contributed by atoms with van der Waals surface area (Å²) in [6.07, 6.45) is 0.0741. The number of methoxy groups -OCH3 is 1. The lowest BCUT2D eigenvalue weighted by atomic mass is 10.0. The molecule has 1 atom stereocenters. The fourth-order valence-electron chi connectivity index (χ4n) is 4.16. The van der Waals surface area contributed by atoms with Gasteiger partial charge >= 0.3 is 0 Å². The summed E-state index contributed by atoms with van der Waals surface area (Å²) in [6, 6.07) is 15.0. The lowest BCUT2D eigenvalue weighted by Crippen LogP contribution is -2.28. The molecule has 1 unspecified atom stereocenters. The van der Waals surface area contributed by atoms with Gasteiger partial charge in [0.1, 0.15) is 10.8 Å². The molecule has 2 heterocycles. The summed E-state index contributed by atoms with van der Waals surface area (Å²) in [5.74, 6) is -1.07. The number of carbonyl (C=O) groups excluding carboxylic acids is 3. The molecule has 33 heavy (non-hydrogen) atoms. The Morgan fingerprint density at radius 1 is 1.15 bits per heavy atom. The number of primary amides is 1. The molecule has 0 saturated carbocycles. The average Bonchev–Trinajstić information content (AvgIpc) is 3.34. The van der Waals surface area contributed by atoms with Crippen molar-refractivity contribution in [1.82, 2.24) is 0 Å². The van der Waals surface area contributed by atoms with Crippen LogP contribution in [-0.4, -0.2) is 31.4 Å². The standard InChI is InChI=1S/C25H25N3O4S/c1-14-9-10-19(32-3)18(11-14)28-13-17(12-20(28)29)24(31)27-25-22(23(26)30)21(15(2)33-25)16-7-5-4-6-8-16/h4-11,17H,12-13H2,1-3H3,(H2,26,30)(H,27,31). The molecule has 1 saturated heterocycles. The minimum Gasteiger partial charge on any atom is -0.495 e. The molecule has 3 N–H and O–H groups in total. The van der Waals surface area contributed by atoms with Crippen LogP contribution in [0.4, 0.5) is 10.7 Å². The maximum atomic E-state index is 13.1. The molecular weight excluding hydrogens is 438 g/mol. The molecule has 0 radical (unpaired) electrons. The lowest BCUT2D eigenvalue weighted by molar-refractivity contribution is -0.122. The first-order valence-corrected chi connectivity index (χ1v) is 11.4. The van der Waals surface area contributed by atoms with Crippen molar-refractivity contribution in [3.8, 4) is 16.9 Å². The Balaban J connectivity index is 1.59. The highest BCUT2D eigenvalue weighted by Gasteiger charge is 2.37. The third-order valence-electron chi connectivity index (χ3n) is 5.75. The number of ether oxygens (including phenoxy) is 1. The van der Waals surface area contributed by atoms with E-state index in [2.05, 4.69) is 5.32 Å². The van der Waals surface area contributed by atoms with Gasteiger partial charge in [-0.25, -0.2) is 0 Å². The monoisotopic (exact) mass is 463 g/mol. The van der Waals surface area contributed by atoms with Crippen molar-refractivity contribution in [2.45, 2.75) is 20.3 Å². The van der Waals surface area contributed by atoms with Crippen molar-refractivity contribution in [1.29, 1.82) is 0 Å². The number of nitrogens with zero attached hydrogens (tertiary/aromatic N) is 1. The number of hydrogen-bond donors (Lipinski definition) is 2. The smallest absolute Gasteiger partial charge is 0.252 e. The van der Waals surface area contributed by atoms with Crippen LogP contribution in [0, 0.1) is 19.8 Å². The number of nitrogens with one attached hydrogen (secondary N) is 1. The first-order chi connectivity index (χ1) is 15.8. The van der Waals surface area contributed by atoms with Crippen molar-refractivity contribution < 1.29 is 19.1 Å². The maximum absolute atomic E-state index is 13.1. The van der Waals surface area contributed by atoms with Crippen molar-refractivity contribution in [3.05, 3.63) is 64.5 Å². The van der Waals surface area contributed by atoms with Crippen LogP contribution >= 0.6 is 11.3 Å². The zero-order valence-electron chi connectivity index (χ0n) is 18.7. The number of benzene rings is 2. The van der Waals surface area contributed by atoms with Crippen molar-refractivity contribution in [3.63, 3.8) is 0 Å². The van der Waals surface area contributed by atoms with Crippen molar-refractivity contribution in [2.24, 2.45) is 11.7 Å². The van der Waals surface area contributed by atoms with E-state index in [4.69, 9.17) is 10.5 Å². The summed E-state index contributed by atoms with van der Waals surface area (Å²) in [4.78, 5) is 40.7. The topological polar surface area (TPSA) is 102 Å². The number of amides is 3. The fraction of sp³-hybridized carbons (Fsp3) is 0.240. The van der Waals surface area contributed by atoms with E-state index in [1.54, 1.807) is 12.0 Å². The van der Waals surface area contributed by atoms with Crippen LogP contribution < -0.4 is 20.7 Å². The molecule has 3 amide bonds. The summed E-state index contributed by atoms with van der Waals surface area (Å²) >= 11 is 1.31. The highest BCUT2D eigenvalue weighted by atomic mass is 32.1. The lowest BCUT2D eigenvalue weighted by Gasteiger charge is -2.20. The van der Waals surface area contributed by atoms with Gasteiger partial charge in [-0.15, -0.1) is 11.3 Å². The molecule has 1 aliphatic rings. The Kier molecular flexibility index (Phi) is 6.20. The number of hydrogen-bond acceptors (Lipinski definition) is 5. The SMILES string of the molecule is COc1ccc(C)cc1N1CC(C(=O)Nc2sc(C)c(-c3ccccc3)c2C(N)=O)CC1=O. The molecule has 1 aliphatic heterocycles. The predicted octanol–water partition coefficient (Wildman–Crippen LogP) is 4.13. The van der Waals surface area contributed by atoms with Gasteiger partial charge in [0.2, 0.25) is 11.8 Å². The van der Waals surface area contributed by atoms with E-state index in [0.29, 0.717) is 22.0 Å². The molecule has 7 nitrogen and oxygen atoms in total. The number of carbonyl (C=O) groups is 3. The molecule has 8 heteroatoms. The Bertz CT molecular complexity index is 1240. The summed E-state index contributed by atoms with van der Waals surface area (Å²) < 4.78 is 5.41. The van der Waals surface area contributed by atoms with Crippen LogP contribution in [0.25, 0.3) is 11.1 Å². The zero-order valence-corrected chi connectivity index (χ0v) is 19.5. The Morgan fingerprint density at radius 2 is 1.88 bits per heavy atom. The maximum Gasteiger partial charge on any atom is 0.252 e. The number of aryl methyl sites for hydroxylation is 2. The van der Waals surface area contributed by atoms with E-state index in [-0.39, 0.29) is 24.8 Å². The molecule has 0 spiro atoms. The second kappa shape index (κ2) is 9.07. The van der Waals surface area contributed by atoms with Crippen LogP contribution in [0.3, 0.4) is 0 Å². The van der Waals surface area contributed by atoms with Gasteiger partial charge in [-0.2, -0.15) is 0 Å². The second-order valence-electron chi connectivity index (χ2n) is 8.04. The highest BCUT2D eigenvalue weighted by molar-refractivity contribution is 7.17. The zero-order chi connectivity index (χ0) is 23.7. The van der Waals surface area contributed by atoms with Crippen LogP contribution in [0.5, 0.6) is 5.75 Å². The summed E-state index contributed by atoms with van der Waals surface area (Å²) in [6.45, 7) is 4.05. The van der Waals surface area contributed by atoms with E-state index >= 15 is 0 Å². The molecule has 2 aromatic carbocycles. The number of rotatable bonds is 6. The largest absolute Gasteiger partial charge is 0.495 e. The van der Waals surface area contributed by atoms with E-state index < -0.39 is 11.8 Å². The molecule has 3 aromatic rings. The van der Waals surface area contributed by atoms with Gasteiger partial charge < -0.3 is 20.7 Å². The van der Waals surface area contributed by atoms with E-state index in [1.165, 1.54) is 11.3 Å². The molecule has 4 rings (SSSR count). The minimum absolute atomic E-state index is 0.0741. The van der Waals surface area contributed by atoms with Gasteiger partial charge in [0.25, 0.3) is 5.91 Å². The number of nitrogens with two attached hydrogens (primary N) is 1. The predicted molar refractivity (Wildman–Crippen MR) is 130 cm³/mol. The number of anilines is 2. The van der Waals surface area contributed by atoms with E-state index in [9.17, 15) is 14.4 Å². The van der Waals surface area contributed by atoms with Gasteiger partial charge in [0, 0.05) is 23.4 Å². The van der Waals surface area contributed by atoms with Crippen LogP contribution in [0.2, 0.25) is 0 Å². The van der Waals surface area contributed by atoms with Gasteiger partial charge in [0.15, 0.2) is 0 Å². The first-order valence-electron chi connectivity index (χ1n) is 10.5. The summed E-state index contributed by atoms with van der Waals surface area (Å²) in [7, 11) is 1.55. The summed E-state index contributed by atoms with van der Waals surface area (Å²) in [5.41, 5.74) is 9.20. The molecule has 170 valence electrons. The second-order valence-corrected chi connectivity index (χ2v) is 9.26. The van der Waals surface area contributed by atoms with Gasteiger partial charge in [-0.1, -0.05) is 36.4 Å². The Morgan fingerprint density at radius 3 is 2.55 bits per heavy atom. The third kappa shape index (κ3) is 4.34. The Labute approximate surface area is 196 Å². The normalized spacial score (nSPS) is 15.5. The molecule has 0 aliphatic carbocycles. The van der Waals surface area contributed by atoms with Crippen LogP contribution in [-0.2, 0) is 9.59 Å². The van der Waals surface area contributed by atoms with Crippen LogP contribution in [0.15, 0.2) is 48.5 Å². The quantitative estimate of drug-likeness (QED) is 0.574. The van der Waals surface area contributed by atoms with Crippen molar-refractivity contribution >= 4 is 39.7 Å². The average molecular weight is 464 g/mol. The van der Waals surface area contributed by atoms with Gasteiger partial charge in [-0.05, 0) is 37.1 Å². The van der Waals surface area contributed by atoms with Gasteiger partial charge in [-0.3, -0.25) is 14.4 Å². The summed E-state index contributed by atoms with van der Waals surface area (Å²) in [5, 5.41) is 3.27. The third-order valence-corrected chi connectivity index (χ3v) is 6.77. The molecular formula is C25H25N3O4S. The van der Waals surface area contributed by atoms with Crippen LogP contribution in [0.1, 0.15) is 27.2 Å². The fourth-order valence-corrected chi connectivity index (χ4v) is 5.25. The van der Waals surface area contributed by atoms with E-state index in [1.807, 2.05) is 62.4 Å². The van der Waals surface area contributed by atoms with Gasteiger partial charge in [0.05, 0.1) is 24.3 Å². The minimum atomic E-state index is -0.609. The molecule has 1 fully saturated rings. The highest BCUT2D eigenvalue weighted by Crippen LogP contribution is 2.40. The molecule has 0 bridgehead atoms. The van der Waals surface area contributed by atoms with Crippen molar-refractivity contribution in [2.75, 3.05) is 23.9 Å².